The molecule has 6 nitrogen and oxygen atoms in total. The molecular weight excluding hydrogens is 508 g/mol. The van der Waals surface area contributed by atoms with Crippen molar-refractivity contribution < 1.29 is 33.7 Å². The number of benzene rings is 2. The number of carboxylic acid groups (broad SMARTS) is 2. The van der Waals surface area contributed by atoms with Gasteiger partial charge < -0.3 is 21.1 Å². The van der Waals surface area contributed by atoms with Crippen LogP contribution < -0.4 is 5.73 Å². The summed E-state index contributed by atoms with van der Waals surface area (Å²) >= 11 is 5.97. The van der Waals surface area contributed by atoms with Crippen LogP contribution in [0.5, 0.6) is 0 Å². The monoisotopic (exact) mass is 523 g/mol. The molecule has 0 radical (unpaired) electrons. The molecule has 0 aromatic heterocycles. The van der Waals surface area contributed by atoms with E-state index >= 15 is 0 Å². The largest absolute Gasteiger partial charge is 0.480 e. The van der Waals surface area contributed by atoms with Gasteiger partial charge in [-0.3, -0.25) is 4.79 Å². The van der Waals surface area contributed by atoms with Gasteiger partial charge in [-0.2, -0.15) is 0 Å². The van der Waals surface area contributed by atoms with Gasteiger partial charge in [0.1, 0.15) is 17.7 Å². The van der Waals surface area contributed by atoms with Gasteiger partial charge in [-0.1, -0.05) is 12.1 Å². The van der Waals surface area contributed by atoms with Crippen molar-refractivity contribution in [2.24, 2.45) is 5.73 Å². The number of nitrogens with two attached hydrogens (primary N) is 1. The number of rotatable bonds is 6. The number of hydrogen-bond acceptors (Lipinski definition) is 4. The average Bonchev–Trinajstić information content (AvgIpc) is 2.61. The molecule has 0 amide bonds. The minimum Gasteiger partial charge on any atom is -0.480 e. The molecule has 10 heteroatoms. The van der Waals surface area contributed by atoms with Crippen molar-refractivity contribution in [1.29, 1.82) is 0 Å². The number of aliphatic carboxylic acids is 2. The van der Waals surface area contributed by atoms with Crippen molar-refractivity contribution in [3.63, 3.8) is 0 Å². The van der Waals surface area contributed by atoms with Crippen LogP contribution in [-0.2, 0) is 22.4 Å². The molecule has 2 atom stereocenters. The molecule has 0 aliphatic heterocycles. The van der Waals surface area contributed by atoms with Gasteiger partial charge in [0.2, 0.25) is 0 Å². The minimum atomic E-state index is -1.49. The molecule has 0 fully saturated rings. The highest BCUT2D eigenvalue weighted by atomic mass is 79.9. The number of hydrogen-bond donors (Lipinski definition) is 4. The molecule has 0 heterocycles. The van der Waals surface area contributed by atoms with Crippen LogP contribution in [-0.4, -0.2) is 39.4 Å². The van der Waals surface area contributed by atoms with Crippen LogP contribution in [0.4, 0.5) is 8.78 Å². The number of halogens is 4. The maximum atomic E-state index is 13.0. The van der Waals surface area contributed by atoms with Crippen LogP contribution in [0.3, 0.4) is 0 Å². The van der Waals surface area contributed by atoms with Gasteiger partial charge in [-0.25, -0.2) is 13.6 Å². The van der Waals surface area contributed by atoms with Gasteiger partial charge in [-0.15, -0.1) is 0 Å². The summed E-state index contributed by atoms with van der Waals surface area (Å²) in [7, 11) is 0. The normalized spacial score (nSPS) is 12.5. The maximum Gasteiger partial charge on any atom is 0.332 e. The smallest absolute Gasteiger partial charge is 0.332 e. The molecule has 2 aromatic rings. The van der Waals surface area contributed by atoms with Gasteiger partial charge >= 0.3 is 11.9 Å². The van der Waals surface area contributed by atoms with E-state index < -0.39 is 35.7 Å². The Kier molecular flexibility index (Phi) is 9.66. The third kappa shape index (κ3) is 8.01. The highest BCUT2D eigenvalue weighted by molar-refractivity contribution is 9.10. The summed E-state index contributed by atoms with van der Waals surface area (Å²) in [4.78, 5) is 20.7. The molecule has 0 saturated carbocycles. The lowest BCUT2D eigenvalue weighted by molar-refractivity contribution is -0.146. The third-order valence-corrected chi connectivity index (χ3v) is 4.74. The van der Waals surface area contributed by atoms with Crippen molar-refractivity contribution >= 4 is 43.8 Å². The topological polar surface area (TPSA) is 121 Å². The Morgan fingerprint density at radius 2 is 1.32 bits per heavy atom. The lowest BCUT2D eigenvalue weighted by atomic mass is 10.1. The van der Waals surface area contributed by atoms with E-state index in [1.54, 1.807) is 12.1 Å². The Morgan fingerprint density at radius 1 is 0.893 bits per heavy atom. The number of aliphatic hydroxyl groups is 1. The van der Waals surface area contributed by atoms with E-state index in [-0.39, 0.29) is 12.8 Å². The zero-order valence-corrected chi connectivity index (χ0v) is 17.5. The van der Waals surface area contributed by atoms with Crippen molar-refractivity contribution in [3.8, 4) is 0 Å². The first-order chi connectivity index (χ1) is 13.0. The first-order valence-corrected chi connectivity index (χ1v) is 9.37. The predicted molar refractivity (Wildman–Crippen MR) is 105 cm³/mol. The van der Waals surface area contributed by atoms with E-state index in [9.17, 15) is 18.4 Å². The Balaban J connectivity index is 0.000000280. The van der Waals surface area contributed by atoms with E-state index in [0.717, 1.165) is 0 Å². The van der Waals surface area contributed by atoms with E-state index in [1.165, 1.54) is 24.3 Å². The highest BCUT2D eigenvalue weighted by Crippen LogP contribution is 2.18. The lowest BCUT2D eigenvalue weighted by Crippen LogP contribution is -2.32. The summed E-state index contributed by atoms with van der Waals surface area (Å²) < 4.78 is 26.6. The van der Waals surface area contributed by atoms with Gasteiger partial charge in [-0.05, 0) is 73.7 Å². The summed E-state index contributed by atoms with van der Waals surface area (Å²) in [6, 6.07) is 7.66. The van der Waals surface area contributed by atoms with Crippen molar-refractivity contribution in [2.75, 3.05) is 0 Å². The molecule has 5 N–H and O–H groups in total. The molecule has 152 valence electrons. The predicted octanol–water partition coefficient (Wildman–Crippen LogP) is 3.12. The Morgan fingerprint density at radius 3 is 1.68 bits per heavy atom. The molecular formula is C18H17Br2F2NO5. The maximum absolute atomic E-state index is 13.0. The zero-order valence-electron chi connectivity index (χ0n) is 14.3. The van der Waals surface area contributed by atoms with Crippen molar-refractivity contribution in [2.45, 2.75) is 25.0 Å². The SMILES string of the molecule is N[C@@H](Cc1ccc(Br)c(F)c1)C(=O)O.O=C(O)[C@@H](O)Cc1ccc(Br)c(F)c1. The molecule has 0 bridgehead atoms. The van der Waals surface area contributed by atoms with Crippen LogP contribution in [0.15, 0.2) is 45.3 Å². The second-order valence-electron chi connectivity index (χ2n) is 5.70. The van der Waals surface area contributed by atoms with Crippen LogP contribution in [0.1, 0.15) is 11.1 Å². The Hall–Kier alpha value is -1.88. The van der Waals surface area contributed by atoms with Gasteiger partial charge in [0.15, 0.2) is 6.10 Å². The van der Waals surface area contributed by atoms with Gasteiger partial charge in [0.25, 0.3) is 0 Å². The second kappa shape index (κ2) is 11.2. The molecule has 2 rings (SSSR count). The van der Waals surface area contributed by atoms with E-state index in [0.29, 0.717) is 20.1 Å². The summed E-state index contributed by atoms with van der Waals surface area (Å²) in [5, 5.41) is 26.0. The standard InChI is InChI=1S/C9H9BrFNO2.C9H8BrFO3/c2*10-6-2-1-5(3-7(6)11)4-8(12)9(13)14/h1-3,8H,4,12H2,(H,13,14);1-3,8,12H,4H2,(H,13,14)/t2*8-/m00/s1. The van der Waals surface area contributed by atoms with Crippen LogP contribution in [0, 0.1) is 11.6 Å². The summed E-state index contributed by atoms with van der Waals surface area (Å²) in [6.45, 7) is 0. The first kappa shape index (κ1) is 24.2. The van der Waals surface area contributed by atoms with Crippen molar-refractivity contribution in [3.05, 3.63) is 68.1 Å². The molecule has 28 heavy (non-hydrogen) atoms. The van der Waals surface area contributed by atoms with Crippen LogP contribution >= 0.6 is 31.9 Å². The van der Waals surface area contributed by atoms with Gasteiger partial charge in [0.05, 0.1) is 8.95 Å². The van der Waals surface area contributed by atoms with Crippen LogP contribution in [0.2, 0.25) is 0 Å². The summed E-state index contributed by atoms with van der Waals surface area (Å²) in [5.41, 5.74) is 6.32. The fourth-order valence-corrected chi connectivity index (χ4v) is 2.48. The molecule has 0 unspecified atom stereocenters. The first-order valence-electron chi connectivity index (χ1n) is 7.78. The van der Waals surface area contributed by atoms with Crippen molar-refractivity contribution in [1.82, 2.24) is 0 Å². The fourth-order valence-electron chi connectivity index (χ4n) is 1.99. The minimum absolute atomic E-state index is 0.0977. The lowest BCUT2D eigenvalue weighted by Gasteiger charge is -2.06. The number of carbonyl (C=O) groups is 2. The summed E-state index contributed by atoms with van der Waals surface area (Å²) in [6.07, 6.45) is -1.46. The molecule has 0 aliphatic rings. The molecule has 2 aromatic carbocycles. The Labute approximate surface area is 176 Å². The molecule has 0 saturated heterocycles. The molecule has 0 aliphatic carbocycles. The average molecular weight is 525 g/mol. The quantitative estimate of drug-likeness (QED) is 0.460. The number of carboxylic acids is 2. The highest BCUT2D eigenvalue weighted by Gasteiger charge is 2.14. The number of aliphatic hydroxyl groups excluding tert-OH is 1. The van der Waals surface area contributed by atoms with Gasteiger partial charge in [0, 0.05) is 6.42 Å². The van der Waals surface area contributed by atoms with Crippen LogP contribution in [0.25, 0.3) is 0 Å². The fraction of sp³-hybridized carbons (Fsp3) is 0.222. The third-order valence-electron chi connectivity index (χ3n) is 3.45. The van der Waals surface area contributed by atoms with E-state index in [2.05, 4.69) is 31.9 Å². The van der Waals surface area contributed by atoms with E-state index in [1.807, 2.05) is 0 Å². The summed E-state index contributed by atoms with van der Waals surface area (Å²) in [5.74, 6) is -3.29. The second-order valence-corrected chi connectivity index (χ2v) is 7.41. The molecule has 0 spiro atoms. The van der Waals surface area contributed by atoms with E-state index in [4.69, 9.17) is 21.1 Å². The Bertz CT molecular complexity index is 781. The zero-order chi connectivity index (χ0) is 21.4.